The van der Waals surface area contributed by atoms with Gasteiger partial charge in [0.15, 0.2) is 5.78 Å². The lowest BCUT2D eigenvalue weighted by molar-refractivity contribution is -0.144. The van der Waals surface area contributed by atoms with Crippen molar-refractivity contribution < 1.29 is 23.9 Å². The third-order valence-corrected chi connectivity index (χ3v) is 2.35. The van der Waals surface area contributed by atoms with E-state index in [1.165, 1.54) is 6.08 Å². The average molecular weight is 291 g/mol. The normalized spacial score (nSPS) is 9.52. The predicted molar refractivity (Wildman–Crippen MR) is 75.4 cm³/mol. The topological polar surface area (TPSA) is 81.7 Å². The molecule has 0 aromatic heterocycles. The number of benzene rings is 1. The number of nitrogens with one attached hydrogen (secondary N) is 1. The second-order valence-electron chi connectivity index (χ2n) is 4.10. The zero-order valence-electron chi connectivity index (χ0n) is 11.5. The minimum absolute atomic E-state index is 0.0542. The van der Waals surface area contributed by atoms with E-state index in [-0.39, 0.29) is 19.8 Å². The van der Waals surface area contributed by atoms with E-state index in [2.05, 4.69) is 16.6 Å². The number of amides is 1. The van der Waals surface area contributed by atoms with Crippen LogP contribution in [0.15, 0.2) is 43.0 Å². The molecule has 112 valence electrons. The molecule has 0 bridgehead atoms. The van der Waals surface area contributed by atoms with Crippen LogP contribution in [0.1, 0.15) is 12.0 Å². The second kappa shape index (κ2) is 9.30. The van der Waals surface area contributed by atoms with E-state index in [9.17, 15) is 14.4 Å². The van der Waals surface area contributed by atoms with Gasteiger partial charge in [-0.15, -0.1) is 0 Å². The molecule has 0 radical (unpaired) electrons. The second-order valence-corrected chi connectivity index (χ2v) is 4.10. The number of hydrogen-bond donors (Lipinski definition) is 1. The smallest absolute Gasteiger partial charge is 0.407 e. The van der Waals surface area contributed by atoms with Gasteiger partial charge in [-0.25, -0.2) is 4.79 Å². The van der Waals surface area contributed by atoms with Crippen LogP contribution >= 0.6 is 0 Å². The van der Waals surface area contributed by atoms with Crippen LogP contribution in [-0.4, -0.2) is 31.0 Å². The lowest BCUT2D eigenvalue weighted by atomic mass is 10.2. The van der Waals surface area contributed by atoms with E-state index in [1.807, 2.05) is 30.3 Å². The summed E-state index contributed by atoms with van der Waals surface area (Å²) in [5.74, 6) is -1.11. The maximum atomic E-state index is 11.4. The summed E-state index contributed by atoms with van der Waals surface area (Å²) in [6, 6.07) is 9.14. The molecular formula is C15H17NO5. The highest BCUT2D eigenvalue weighted by Crippen LogP contribution is 2.00. The zero-order valence-corrected chi connectivity index (χ0v) is 11.5. The minimum atomic E-state index is -0.716. The van der Waals surface area contributed by atoms with E-state index in [1.54, 1.807) is 0 Å². The Labute approximate surface area is 122 Å². The van der Waals surface area contributed by atoms with Crippen molar-refractivity contribution in [2.75, 3.05) is 13.2 Å². The summed E-state index contributed by atoms with van der Waals surface area (Å²) in [5.41, 5.74) is 0.840. The predicted octanol–water partition coefficient (Wildman–Crippen LogP) is 1.60. The molecule has 0 atom stereocenters. The Morgan fingerprint density at radius 2 is 1.86 bits per heavy atom. The number of carbonyl (C=O) groups is 3. The molecule has 0 fully saturated rings. The van der Waals surface area contributed by atoms with Crippen molar-refractivity contribution in [1.29, 1.82) is 0 Å². The molecule has 6 nitrogen and oxygen atoms in total. The van der Waals surface area contributed by atoms with Crippen molar-refractivity contribution in [2.45, 2.75) is 13.0 Å². The van der Waals surface area contributed by atoms with Crippen LogP contribution in [0.25, 0.3) is 0 Å². The van der Waals surface area contributed by atoms with Gasteiger partial charge in [0.05, 0.1) is 6.54 Å². The van der Waals surface area contributed by atoms with E-state index < -0.39 is 24.3 Å². The fourth-order valence-corrected chi connectivity index (χ4v) is 1.37. The van der Waals surface area contributed by atoms with Crippen LogP contribution in [0.2, 0.25) is 0 Å². The van der Waals surface area contributed by atoms with Crippen molar-refractivity contribution in [3.8, 4) is 0 Å². The Kier molecular flexibility index (Phi) is 7.28. The molecule has 0 aliphatic rings. The van der Waals surface area contributed by atoms with Crippen LogP contribution in [0.3, 0.4) is 0 Å². The summed E-state index contributed by atoms with van der Waals surface area (Å²) in [4.78, 5) is 33.9. The highest BCUT2D eigenvalue weighted by Gasteiger charge is 2.12. The zero-order chi connectivity index (χ0) is 15.5. The molecular weight excluding hydrogens is 274 g/mol. The summed E-state index contributed by atoms with van der Waals surface area (Å²) in [7, 11) is 0. The van der Waals surface area contributed by atoms with E-state index in [0.717, 1.165) is 5.56 Å². The van der Waals surface area contributed by atoms with Gasteiger partial charge in [-0.05, 0) is 5.56 Å². The van der Waals surface area contributed by atoms with Crippen LogP contribution in [-0.2, 0) is 25.7 Å². The maximum absolute atomic E-state index is 11.4. The summed E-state index contributed by atoms with van der Waals surface area (Å²) in [6.07, 6.45) is 0.292. The first kappa shape index (κ1) is 16.4. The molecule has 6 heteroatoms. The van der Waals surface area contributed by atoms with Gasteiger partial charge in [0, 0.05) is 0 Å². The molecule has 1 amide bonds. The SMILES string of the molecule is C=CCOC(=O)CC(=O)CNC(=O)OCc1ccccc1. The third-order valence-electron chi connectivity index (χ3n) is 2.35. The first-order chi connectivity index (χ1) is 10.1. The van der Waals surface area contributed by atoms with E-state index >= 15 is 0 Å². The molecule has 0 unspecified atom stereocenters. The fraction of sp³-hybridized carbons (Fsp3) is 0.267. The highest BCUT2D eigenvalue weighted by molar-refractivity contribution is 5.97. The Morgan fingerprint density at radius 1 is 1.14 bits per heavy atom. The first-order valence-electron chi connectivity index (χ1n) is 6.34. The van der Waals surface area contributed by atoms with Gasteiger partial charge in [0.2, 0.25) is 0 Å². The number of hydrogen-bond acceptors (Lipinski definition) is 5. The lowest BCUT2D eigenvalue weighted by Gasteiger charge is -2.06. The van der Waals surface area contributed by atoms with Gasteiger partial charge in [0.1, 0.15) is 19.6 Å². The Hall–Kier alpha value is -2.63. The van der Waals surface area contributed by atoms with Crippen molar-refractivity contribution in [3.05, 3.63) is 48.6 Å². The molecule has 0 saturated carbocycles. The Morgan fingerprint density at radius 3 is 2.52 bits per heavy atom. The molecule has 0 aliphatic carbocycles. The van der Waals surface area contributed by atoms with Crippen LogP contribution in [0, 0.1) is 0 Å². The molecule has 1 aromatic rings. The molecule has 21 heavy (non-hydrogen) atoms. The average Bonchev–Trinajstić information content (AvgIpc) is 2.50. The highest BCUT2D eigenvalue weighted by atomic mass is 16.5. The molecule has 1 aromatic carbocycles. The molecule has 1 N–H and O–H groups in total. The van der Waals surface area contributed by atoms with Gasteiger partial charge < -0.3 is 14.8 Å². The van der Waals surface area contributed by atoms with Gasteiger partial charge in [-0.1, -0.05) is 43.0 Å². The van der Waals surface area contributed by atoms with Crippen LogP contribution in [0.5, 0.6) is 0 Å². The molecule has 0 aliphatic heterocycles. The number of carbonyl (C=O) groups excluding carboxylic acids is 3. The standard InChI is InChI=1S/C15H17NO5/c1-2-8-20-14(18)9-13(17)10-16-15(19)21-11-12-6-4-3-5-7-12/h2-7H,1,8-11H2,(H,16,19). The number of esters is 1. The monoisotopic (exact) mass is 291 g/mol. The third kappa shape index (κ3) is 7.51. The minimum Gasteiger partial charge on any atom is -0.461 e. The van der Waals surface area contributed by atoms with Gasteiger partial charge in [0.25, 0.3) is 0 Å². The molecule has 1 rings (SSSR count). The summed E-state index contributed by atoms with van der Waals surface area (Å²) < 4.78 is 9.57. The number of Topliss-reactive ketones (excluding diaryl/α,β-unsaturated/α-hetero) is 1. The van der Waals surface area contributed by atoms with Crippen LogP contribution < -0.4 is 5.32 Å². The number of ketones is 1. The van der Waals surface area contributed by atoms with Crippen molar-refractivity contribution >= 4 is 17.8 Å². The number of alkyl carbamates (subject to hydrolysis) is 1. The van der Waals surface area contributed by atoms with Crippen molar-refractivity contribution in [3.63, 3.8) is 0 Å². The number of rotatable bonds is 8. The van der Waals surface area contributed by atoms with Gasteiger partial charge in [-0.2, -0.15) is 0 Å². The van der Waals surface area contributed by atoms with Crippen molar-refractivity contribution in [2.24, 2.45) is 0 Å². The van der Waals surface area contributed by atoms with E-state index in [0.29, 0.717) is 0 Å². The summed E-state index contributed by atoms with van der Waals surface area (Å²) >= 11 is 0. The maximum Gasteiger partial charge on any atom is 0.407 e. The van der Waals surface area contributed by atoms with Gasteiger partial charge >= 0.3 is 12.1 Å². The summed E-state index contributed by atoms with van der Waals surface area (Å²) in [5, 5.41) is 2.28. The molecule has 0 saturated heterocycles. The van der Waals surface area contributed by atoms with Crippen molar-refractivity contribution in [1.82, 2.24) is 5.32 Å². The van der Waals surface area contributed by atoms with E-state index in [4.69, 9.17) is 4.74 Å². The fourth-order valence-electron chi connectivity index (χ4n) is 1.37. The van der Waals surface area contributed by atoms with Crippen LogP contribution in [0.4, 0.5) is 4.79 Å². The molecule has 0 heterocycles. The Bertz CT molecular complexity index is 498. The first-order valence-corrected chi connectivity index (χ1v) is 6.34. The quantitative estimate of drug-likeness (QED) is 0.447. The van der Waals surface area contributed by atoms with Gasteiger partial charge in [-0.3, -0.25) is 9.59 Å². The molecule has 0 spiro atoms. The number of ether oxygens (including phenoxy) is 2. The largest absolute Gasteiger partial charge is 0.461 e. The lowest BCUT2D eigenvalue weighted by Crippen LogP contribution is -2.31. The summed E-state index contributed by atoms with van der Waals surface area (Å²) in [6.45, 7) is 3.27. The Balaban J connectivity index is 2.19.